The highest BCUT2D eigenvalue weighted by Gasteiger charge is 2.30. The molecule has 3 nitrogen and oxygen atoms in total. The predicted octanol–water partition coefficient (Wildman–Crippen LogP) is 7.94. The van der Waals surface area contributed by atoms with Gasteiger partial charge in [0.1, 0.15) is 17.5 Å². The van der Waals surface area contributed by atoms with Gasteiger partial charge in [0.25, 0.3) is 0 Å². The fourth-order valence-electron chi connectivity index (χ4n) is 5.11. The van der Waals surface area contributed by atoms with Crippen molar-refractivity contribution < 1.29 is 18.3 Å². The number of rotatable bonds is 8. The second kappa shape index (κ2) is 11.6. The molecule has 0 saturated heterocycles. The second-order valence-corrected chi connectivity index (χ2v) is 11.0. The number of aliphatic hydroxyl groups excluding tert-OH is 1. The van der Waals surface area contributed by atoms with Gasteiger partial charge in [0.2, 0.25) is 0 Å². The van der Waals surface area contributed by atoms with Gasteiger partial charge in [-0.1, -0.05) is 35.5 Å². The van der Waals surface area contributed by atoms with E-state index in [4.69, 9.17) is 21.7 Å². The van der Waals surface area contributed by atoms with Crippen molar-refractivity contribution in [1.82, 2.24) is 9.55 Å². The van der Waals surface area contributed by atoms with E-state index in [0.29, 0.717) is 28.6 Å². The summed E-state index contributed by atoms with van der Waals surface area (Å²) < 4.78 is 45.6. The summed E-state index contributed by atoms with van der Waals surface area (Å²) in [6, 6.07) is 14.9. The zero-order chi connectivity index (χ0) is 26.8. The summed E-state index contributed by atoms with van der Waals surface area (Å²) in [6.07, 6.45) is 3.53. The molecule has 1 aromatic heterocycles. The Bertz CT molecular complexity index is 1430. The number of aliphatic hydroxyl groups is 1. The number of aromatic nitrogens is 2. The van der Waals surface area contributed by atoms with Gasteiger partial charge in [0.15, 0.2) is 5.16 Å². The first-order chi connectivity index (χ1) is 18.4. The van der Waals surface area contributed by atoms with E-state index in [9.17, 15) is 13.2 Å². The van der Waals surface area contributed by atoms with Crippen molar-refractivity contribution in [1.29, 1.82) is 0 Å². The molecule has 0 amide bonds. The van der Waals surface area contributed by atoms with E-state index in [2.05, 4.69) is 6.07 Å². The van der Waals surface area contributed by atoms with Crippen LogP contribution in [0.5, 0.6) is 0 Å². The molecule has 0 fully saturated rings. The monoisotopic (exact) mass is 556 g/mol. The Morgan fingerprint density at radius 3 is 2.47 bits per heavy atom. The maximum atomic E-state index is 14.9. The van der Waals surface area contributed by atoms with Crippen LogP contribution in [0.2, 0.25) is 5.02 Å². The molecule has 1 aliphatic carbocycles. The third-order valence-electron chi connectivity index (χ3n) is 7.03. The molecule has 5 rings (SSSR count). The third-order valence-corrected chi connectivity index (χ3v) is 8.42. The van der Waals surface area contributed by atoms with Crippen molar-refractivity contribution in [2.75, 3.05) is 6.61 Å². The normalized spacial score (nSPS) is 15.1. The van der Waals surface area contributed by atoms with Crippen LogP contribution in [-0.2, 0) is 18.6 Å². The lowest BCUT2D eigenvalue weighted by atomic mass is 9.83. The first-order valence-corrected chi connectivity index (χ1v) is 14.1. The Morgan fingerprint density at radius 2 is 1.79 bits per heavy atom. The molecule has 0 bridgehead atoms. The number of thioether (sulfide) groups is 1. The SMILES string of the molecule is Cc1cc(C2CCCc3nc(SCc4c(F)cc(CCCO)cc4F)n(-c4ccc(F)cc4)c32)ccc1Cl. The zero-order valence-corrected chi connectivity index (χ0v) is 22.6. The Labute approximate surface area is 229 Å². The second-order valence-electron chi connectivity index (χ2n) is 9.65. The number of imidazole rings is 1. The van der Waals surface area contributed by atoms with Crippen LogP contribution in [0.3, 0.4) is 0 Å². The first kappa shape index (κ1) is 26.9. The van der Waals surface area contributed by atoms with Crippen LogP contribution in [0.25, 0.3) is 5.69 Å². The van der Waals surface area contributed by atoms with Gasteiger partial charge in [-0.2, -0.15) is 0 Å². The summed E-state index contributed by atoms with van der Waals surface area (Å²) in [4.78, 5) is 4.93. The van der Waals surface area contributed by atoms with Crippen molar-refractivity contribution in [3.63, 3.8) is 0 Å². The minimum absolute atomic E-state index is 0.0146. The van der Waals surface area contributed by atoms with Crippen molar-refractivity contribution in [3.8, 4) is 5.69 Å². The van der Waals surface area contributed by atoms with Crippen LogP contribution < -0.4 is 0 Å². The maximum Gasteiger partial charge on any atom is 0.173 e. The van der Waals surface area contributed by atoms with E-state index in [0.717, 1.165) is 47.5 Å². The molecule has 1 heterocycles. The van der Waals surface area contributed by atoms with Gasteiger partial charge in [-0.25, -0.2) is 18.2 Å². The van der Waals surface area contributed by atoms with Crippen LogP contribution in [0.15, 0.2) is 59.8 Å². The molecule has 198 valence electrons. The van der Waals surface area contributed by atoms with E-state index in [1.54, 1.807) is 12.1 Å². The number of hydrogen-bond acceptors (Lipinski definition) is 3. The molecule has 0 spiro atoms. The van der Waals surface area contributed by atoms with Crippen molar-refractivity contribution in [3.05, 3.63) is 111 Å². The Hall–Kier alpha value is -2.74. The standard InChI is InChI=1S/C30H28ClF3N2OS/c1-18-14-20(7-12-25(18)31)23-5-2-6-28-29(23)36(22-10-8-21(32)9-11-22)30(35-28)38-17-24-26(33)15-19(4-3-13-37)16-27(24)34/h7-12,14-16,23,37H,2-6,13,17H2,1H3. The number of nitrogens with zero attached hydrogens (tertiary/aromatic N) is 2. The molecule has 0 radical (unpaired) electrons. The molecule has 1 N–H and O–H groups in total. The molecule has 1 atom stereocenters. The average molecular weight is 557 g/mol. The Morgan fingerprint density at radius 1 is 1.05 bits per heavy atom. The van der Waals surface area contributed by atoms with Crippen molar-refractivity contribution in [2.24, 2.45) is 0 Å². The van der Waals surface area contributed by atoms with E-state index in [-0.39, 0.29) is 29.7 Å². The van der Waals surface area contributed by atoms with Crippen LogP contribution in [-0.4, -0.2) is 21.3 Å². The Kier molecular flexibility index (Phi) is 8.17. The van der Waals surface area contributed by atoms with Gasteiger partial charge in [-0.15, -0.1) is 0 Å². The number of aryl methyl sites for hydroxylation is 3. The summed E-state index contributed by atoms with van der Waals surface area (Å²) in [5.41, 5.74) is 5.34. The first-order valence-electron chi connectivity index (χ1n) is 12.7. The summed E-state index contributed by atoms with van der Waals surface area (Å²) in [5, 5.41) is 10.3. The molecule has 1 aliphatic rings. The fraction of sp³-hybridized carbons (Fsp3) is 0.300. The topological polar surface area (TPSA) is 38.1 Å². The summed E-state index contributed by atoms with van der Waals surface area (Å²) in [7, 11) is 0. The van der Waals surface area contributed by atoms with E-state index in [1.807, 2.05) is 23.6 Å². The van der Waals surface area contributed by atoms with Crippen molar-refractivity contribution in [2.45, 2.75) is 55.9 Å². The molecular formula is C30H28ClF3N2OS. The molecule has 1 unspecified atom stereocenters. The largest absolute Gasteiger partial charge is 0.396 e. The molecule has 0 aliphatic heterocycles. The van der Waals surface area contributed by atoms with E-state index < -0.39 is 11.6 Å². The number of halogens is 4. The summed E-state index contributed by atoms with van der Waals surface area (Å²) in [6.45, 7) is 1.94. The molecule has 38 heavy (non-hydrogen) atoms. The van der Waals surface area contributed by atoms with Gasteiger partial charge >= 0.3 is 0 Å². The van der Waals surface area contributed by atoms with E-state index in [1.165, 1.54) is 36.0 Å². The molecular weight excluding hydrogens is 529 g/mol. The third kappa shape index (κ3) is 5.51. The fourth-order valence-corrected chi connectivity index (χ4v) is 6.28. The number of benzene rings is 3. The Balaban J connectivity index is 1.55. The van der Waals surface area contributed by atoms with Gasteiger partial charge in [-0.05, 0) is 98.2 Å². The van der Waals surface area contributed by atoms with Crippen LogP contribution in [0, 0.1) is 24.4 Å². The summed E-state index contributed by atoms with van der Waals surface area (Å²) in [5.74, 6) is -1.44. The molecule has 8 heteroatoms. The van der Waals surface area contributed by atoms with E-state index >= 15 is 0 Å². The quantitative estimate of drug-likeness (QED) is 0.224. The highest BCUT2D eigenvalue weighted by molar-refractivity contribution is 7.98. The average Bonchev–Trinajstić information content (AvgIpc) is 3.27. The lowest BCUT2D eigenvalue weighted by molar-refractivity contribution is 0.288. The maximum absolute atomic E-state index is 14.9. The van der Waals surface area contributed by atoms with Crippen LogP contribution >= 0.6 is 23.4 Å². The zero-order valence-electron chi connectivity index (χ0n) is 21.0. The predicted molar refractivity (Wildman–Crippen MR) is 146 cm³/mol. The van der Waals surface area contributed by atoms with Crippen LogP contribution in [0.1, 0.15) is 58.8 Å². The van der Waals surface area contributed by atoms with Gasteiger partial charge < -0.3 is 5.11 Å². The smallest absolute Gasteiger partial charge is 0.173 e. The van der Waals surface area contributed by atoms with Crippen molar-refractivity contribution >= 4 is 23.4 Å². The van der Waals surface area contributed by atoms with Gasteiger partial charge in [-0.3, -0.25) is 4.57 Å². The highest BCUT2D eigenvalue weighted by atomic mass is 35.5. The number of hydrogen-bond donors (Lipinski definition) is 1. The lowest BCUT2D eigenvalue weighted by Gasteiger charge is -2.25. The lowest BCUT2D eigenvalue weighted by Crippen LogP contribution is -2.15. The highest BCUT2D eigenvalue weighted by Crippen LogP contribution is 2.42. The van der Waals surface area contributed by atoms with Gasteiger partial charge in [0, 0.05) is 34.6 Å². The minimum Gasteiger partial charge on any atom is -0.396 e. The molecule has 3 aromatic carbocycles. The number of fused-ring (bicyclic) bond motifs is 1. The minimum atomic E-state index is -0.607. The summed E-state index contributed by atoms with van der Waals surface area (Å²) >= 11 is 7.56. The van der Waals surface area contributed by atoms with Crippen LogP contribution in [0.4, 0.5) is 13.2 Å². The molecule has 0 saturated carbocycles. The molecule has 4 aromatic rings. The van der Waals surface area contributed by atoms with Gasteiger partial charge in [0.05, 0.1) is 11.4 Å².